The van der Waals surface area contributed by atoms with E-state index in [1.807, 2.05) is 26.0 Å². The van der Waals surface area contributed by atoms with E-state index in [2.05, 4.69) is 25.4 Å². The minimum absolute atomic E-state index is 0.438. The van der Waals surface area contributed by atoms with Crippen LogP contribution in [-0.2, 0) is 16.6 Å². The van der Waals surface area contributed by atoms with E-state index in [0.29, 0.717) is 12.2 Å². The van der Waals surface area contributed by atoms with Crippen molar-refractivity contribution in [2.45, 2.75) is 26.7 Å². The molecule has 0 saturated heterocycles. The van der Waals surface area contributed by atoms with Gasteiger partial charge in [0.1, 0.15) is 0 Å². The average molecular weight is 321 g/mol. The Morgan fingerprint density at radius 1 is 1.29 bits per heavy atom. The molecule has 17 heavy (non-hydrogen) atoms. The van der Waals surface area contributed by atoms with Crippen LogP contribution in [0.5, 0.6) is 0 Å². The SMILES string of the molecule is CCCNS(=O)(=O)Nc1ccc(Br)cc1CC. The first-order chi connectivity index (χ1) is 7.98. The highest BCUT2D eigenvalue weighted by atomic mass is 79.9. The quantitative estimate of drug-likeness (QED) is 0.846. The fraction of sp³-hybridized carbons (Fsp3) is 0.455. The van der Waals surface area contributed by atoms with Gasteiger partial charge in [0.2, 0.25) is 0 Å². The van der Waals surface area contributed by atoms with Gasteiger partial charge in [-0.15, -0.1) is 0 Å². The molecule has 0 atom stereocenters. The van der Waals surface area contributed by atoms with Crippen molar-refractivity contribution in [2.75, 3.05) is 11.3 Å². The Hall–Kier alpha value is -0.590. The van der Waals surface area contributed by atoms with E-state index in [1.165, 1.54) is 0 Å². The molecule has 96 valence electrons. The molecular weight excluding hydrogens is 304 g/mol. The molecule has 0 aliphatic carbocycles. The van der Waals surface area contributed by atoms with Gasteiger partial charge in [0.05, 0.1) is 5.69 Å². The van der Waals surface area contributed by atoms with E-state index >= 15 is 0 Å². The number of benzene rings is 1. The number of aryl methyl sites for hydroxylation is 1. The lowest BCUT2D eigenvalue weighted by molar-refractivity contribution is 0.586. The van der Waals surface area contributed by atoms with Gasteiger partial charge in [0.15, 0.2) is 0 Å². The van der Waals surface area contributed by atoms with Crippen LogP contribution in [0.4, 0.5) is 5.69 Å². The second kappa shape index (κ2) is 6.37. The molecule has 0 fully saturated rings. The Balaban J connectivity index is 2.87. The van der Waals surface area contributed by atoms with Crippen LogP contribution in [0.25, 0.3) is 0 Å². The maximum atomic E-state index is 11.7. The predicted octanol–water partition coefficient (Wildman–Crippen LogP) is 2.67. The highest BCUT2D eigenvalue weighted by Gasteiger charge is 2.11. The molecule has 0 saturated carbocycles. The van der Waals surface area contributed by atoms with Crippen LogP contribution in [0, 0.1) is 0 Å². The van der Waals surface area contributed by atoms with Crippen LogP contribution in [0.3, 0.4) is 0 Å². The topological polar surface area (TPSA) is 58.2 Å². The second-order valence-corrected chi connectivity index (χ2v) is 6.07. The molecule has 0 aliphatic rings. The number of hydrogen-bond acceptors (Lipinski definition) is 2. The smallest absolute Gasteiger partial charge is 0.271 e. The van der Waals surface area contributed by atoms with Gasteiger partial charge in [0.25, 0.3) is 10.2 Å². The molecule has 1 aromatic rings. The largest absolute Gasteiger partial charge is 0.299 e. The molecule has 0 radical (unpaired) electrons. The summed E-state index contributed by atoms with van der Waals surface area (Å²) < 4.78 is 29.3. The standard InChI is InChI=1S/C11H17BrN2O2S/c1-3-7-13-17(15,16)14-11-6-5-10(12)8-9(11)4-2/h5-6,8,13-14H,3-4,7H2,1-2H3. The van der Waals surface area contributed by atoms with Gasteiger partial charge >= 0.3 is 0 Å². The lowest BCUT2D eigenvalue weighted by Crippen LogP contribution is -2.31. The van der Waals surface area contributed by atoms with E-state index < -0.39 is 10.2 Å². The summed E-state index contributed by atoms with van der Waals surface area (Å²) in [7, 11) is -3.46. The summed E-state index contributed by atoms with van der Waals surface area (Å²) in [5.74, 6) is 0. The first-order valence-corrected chi connectivity index (χ1v) is 7.82. The number of nitrogens with one attached hydrogen (secondary N) is 2. The van der Waals surface area contributed by atoms with Crippen molar-refractivity contribution >= 4 is 31.8 Å². The Labute approximate surface area is 111 Å². The van der Waals surface area contributed by atoms with Crippen molar-refractivity contribution in [3.8, 4) is 0 Å². The third-order valence-corrected chi connectivity index (χ3v) is 3.80. The molecule has 0 bridgehead atoms. The molecule has 0 heterocycles. The van der Waals surface area contributed by atoms with Crippen LogP contribution in [0.2, 0.25) is 0 Å². The Bertz CT molecular complexity index is 474. The first-order valence-electron chi connectivity index (χ1n) is 5.54. The van der Waals surface area contributed by atoms with Crippen LogP contribution >= 0.6 is 15.9 Å². The van der Waals surface area contributed by atoms with Crippen LogP contribution in [0.1, 0.15) is 25.8 Å². The molecule has 0 aromatic heterocycles. The van der Waals surface area contributed by atoms with Crippen molar-refractivity contribution in [2.24, 2.45) is 0 Å². The average Bonchev–Trinajstić information content (AvgIpc) is 2.28. The highest BCUT2D eigenvalue weighted by Crippen LogP contribution is 2.22. The molecule has 2 N–H and O–H groups in total. The first kappa shape index (κ1) is 14.5. The van der Waals surface area contributed by atoms with Crippen LogP contribution < -0.4 is 9.44 Å². The van der Waals surface area contributed by atoms with Crippen LogP contribution in [0.15, 0.2) is 22.7 Å². The highest BCUT2D eigenvalue weighted by molar-refractivity contribution is 9.10. The van der Waals surface area contributed by atoms with E-state index in [9.17, 15) is 8.42 Å². The molecular formula is C11H17BrN2O2S. The second-order valence-electron chi connectivity index (χ2n) is 3.65. The zero-order valence-corrected chi connectivity index (χ0v) is 12.4. The zero-order valence-electron chi connectivity index (χ0n) is 9.96. The summed E-state index contributed by atoms with van der Waals surface area (Å²) in [5, 5.41) is 0. The molecule has 0 aliphatic heterocycles. The number of rotatable bonds is 6. The molecule has 0 spiro atoms. The lowest BCUT2D eigenvalue weighted by Gasteiger charge is -2.12. The number of halogens is 1. The van der Waals surface area contributed by atoms with Crippen molar-refractivity contribution < 1.29 is 8.42 Å². The van der Waals surface area contributed by atoms with Gasteiger partial charge in [-0.25, -0.2) is 0 Å². The predicted molar refractivity (Wildman–Crippen MR) is 74.4 cm³/mol. The van der Waals surface area contributed by atoms with Gasteiger partial charge in [0, 0.05) is 11.0 Å². The summed E-state index contributed by atoms with van der Waals surface area (Å²) in [6, 6.07) is 5.49. The fourth-order valence-corrected chi connectivity index (χ4v) is 2.81. The molecule has 0 amide bonds. The third kappa shape index (κ3) is 4.65. The minimum Gasteiger partial charge on any atom is -0.271 e. The van der Waals surface area contributed by atoms with Gasteiger partial charge in [-0.1, -0.05) is 29.8 Å². The molecule has 4 nitrogen and oxygen atoms in total. The van der Waals surface area contributed by atoms with Crippen molar-refractivity contribution in [3.05, 3.63) is 28.2 Å². The maximum absolute atomic E-state index is 11.7. The zero-order chi connectivity index (χ0) is 12.9. The summed E-state index contributed by atoms with van der Waals surface area (Å²) >= 11 is 3.37. The van der Waals surface area contributed by atoms with Crippen molar-refractivity contribution in [1.82, 2.24) is 4.72 Å². The normalized spacial score (nSPS) is 11.5. The Kier molecular flexibility index (Phi) is 5.42. The van der Waals surface area contributed by atoms with E-state index in [-0.39, 0.29) is 0 Å². The van der Waals surface area contributed by atoms with E-state index in [1.54, 1.807) is 6.07 Å². The third-order valence-electron chi connectivity index (χ3n) is 2.23. The van der Waals surface area contributed by atoms with Gasteiger partial charge in [-0.2, -0.15) is 13.1 Å². The van der Waals surface area contributed by atoms with Crippen LogP contribution in [-0.4, -0.2) is 15.0 Å². The Morgan fingerprint density at radius 3 is 2.59 bits per heavy atom. The molecule has 6 heteroatoms. The lowest BCUT2D eigenvalue weighted by atomic mass is 10.1. The number of hydrogen-bond donors (Lipinski definition) is 2. The summed E-state index contributed by atoms with van der Waals surface area (Å²) in [6.07, 6.45) is 1.53. The van der Waals surface area contributed by atoms with Gasteiger partial charge in [-0.05, 0) is 36.6 Å². The maximum Gasteiger partial charge on any atom is 0.299 e. The van der Waals surface area contributed by atoms with E-state index in [4.69, 9.17) is 0 Å². The summed E-state index contributed by atoms with van der Waals surface area (Å²) in [5.41, 5.74) is 1.58. The van der Waals surface area contributed by atoms with Crippen molar-refractivity contribution in [1.29, 1.82) is 0 Å². The Morgan fingerprint density at radius 2 is 2.00 bits per heavy atom. The monoisotopic (exact) mass is 320 g/mol. The molecule has 1 rings (SSSR count). The van der Waals surface area contributed by atoms with E-state index in [0.717, 1.165) is 22.9 Å². The number of anilines is 1. The molecule has 0 unspecified atom stereocenters. The van der Waals surface area contributed by atoms with Crippen molar-refractivity contribution in [3.63, 3.8) is 0 Å². The molecule has 1 aromatic carbocycles. The minimum atomic E-state index is -3.46. The van der Waals surface area contributed by atoms with Gasteiger partial charge < -0.3 is 0 Å². The fourth-order valence-electron chi connectivity index (χ4n) is 1.37. The van der Waals surface area contributed by atoms with Gasteiger partial charge in [-0.3, -0.25) is 4.72 Å². The summed E-state index contributed by atoms with van der Waals surface area (Å²) in [4.78, 5) is 0. The summed E-state index contributed by atoms with van der Waals surface area (Å²) in [6.45, 7) is 4.34.